The molecule has 0 saturated carbocycles. The zero-order chi connectivity index (χ0) is 16.7. The summed E-state index contributed by atoms with van der Waals surface area (Å²) in [6.07, 6.45) is 14.7. The van der Waals surface area contributed by atoms with Crippen LogP contribution in [0.15, 0.2) is 0 Å². The van der Waals surface area contributed by atoms with E-state index in [4.69, 9.17) is 0 Å². The normalized spacial score (nSPS) is 12.8. The zero-order valence-electron chi connectivity index (χ0n) is 15.3. The van der Waals surface area contributed by atoms with Gasteiger partial charge in [-0.2, -0.15) is 0 Å². The first-order valence-corrected chi connectivity index (χ1v) is 10.6. The van der Waals surface area contributed by atoms with E-state index in [-0.39, 0.29) is 41.4 Å². The summed E-state index contributed by atoms with van der Waals surface area (Å²) in [6, 6.07) is 0. The minimum atomic E-state index is -4.04. The Morgan fingerprint density at radius 1 is 0.783 bits per heavy atom. The van der Waals surface area contributed by atoms with Crippen molar-refractivity contribution in [2.24, 2.45) is 0 Å². The second kappa shape index (κ2) is 17.7. The van der Waals surface area contributed by atoms with Gasteiger partial charge in [0.2, 0.25) is 0 Å². The summed E-state index contributed by atoms with van der Waals surface area (Å²) in [5, 5.41) is 9.88. The molecule has 0 saturated heterocycles. The van der Waals surface area contributed by atoms with Gasteiger partial charge in [-0.15, -0.1) is 0 Å². The predicted octanol–water partition coefficient (Wildman–Crippen LogP) is 1.38. The average Bonchev–Trinajstić information content (AvgIpc) is 2.44. The molecule has 0 aromatic heterocycles. The molecular formula is C17H35NaO4S. The summed E-state index contributed by atoms with van der Waals surface area (Å²) < 4.78 is 31.3. The maximum atomic E-state index is 10.4. The zero-order valence-corrected chi connectivity index (χ0v) is 18.1. The quantitative estimate of drug-likeness (QED) is 0.257. The van der Waals surface area contributed by atoms with Crippen LogP contribution in [0.1, 0.15) is 96.8 Å². The summed E-state index contributed by atoms with van der Waals surface area (Å²) in [5.74, 6) is -0.242. The molecule has 0 aliphatic heterocycles. The molecule has 0 rings (SSSR count). The summed E-state index contributed by atoms with van der Waals surface area (Å²) >= 11 is 0. The predicted molar refractivity (Wildman–Crippen MR) is 90.9 cm³/mol. The number of hydrogen-bond acceptors (Lipinski definition) is 4. The fourth-order valence-corrected chi connectivity index (χ4v) is 3.23. The Morgan fingerprint density at radius 2 is 1.17 bits per heavy atom. The van der Waals surface area contributed by atoms with Gasteiger partial charge in [0.05, 0.1) is 16.2 Å². The molecule has 0 radical (unpaired) electrons. The van der Waals surface area contributed by atoms with Crippen LogP contribution < -0.4 is 29.6 Å². The average molecular weight is 359 g/mol. The fraction of sp³-hybridized carbons (Fsp3) is 1.00. The van der Waals surface area contributed by atoms with Crippen molar-refractivity contribution in [3.05, 3.63) is 0 Å². The van der Waals surface area contributed by atoms with Crippen LogP contribution in [0.2, 0.25) is 0 Å². The van der Waals surface area contributed by atoms with Crippen molar-refractivity contribution in [3.63, 3.8) is 0 Å². The van der Waals surface area contributed by atoms with Crippen LogP contribution >= 0.6 is 0 Å². The largest absolute Gasteiger partial charge is 1.00 e. The molecule has 0 aromatic carbocycles. The van der Waals surface area contributed by atoms with Gasteiger partial charge in [0, 0.05) is 5.75 Å². The SMILES string of the molecule is CCCCCCCCCC(O)CCCCCCCS(=O)(=O)[O-].[Na+]. The minimum absolute atomic E-state index is 0. The molecule has 134 valence electrons. The first-order valence-electron chi connectivity index (χ1n) is 9.07. The second-order valence-electron chi connectivity index (χ2n) is 6.38. The molecule has 0 aliphatic carbocycles. The van der Waals surface area contributed by atoms with E-state index in [1.165, 1.54) is 38.5 Å². The van der Waals surface area contributed by atoms with Crippen molar-refractivity contribution in [1.29, 1.82) is 0 Å². The van der Waals surface area contributed by atoms with Gasteiger partial charge in [-0.3, -0.25) is 0 Å². The molecule has 23 heavy (non-hydrogen) atoms. The van der Waals surface area contributed by atoms with Gasteiger partial charge in [-0.25, -0.2) is 8.42 Å². The van der Waals surface area contributed by atoms with E-state index in [9.17, 15) is 18.1 Å². The number of aliphatic hydroxyl groups excluding tert-OH is 1. The maximum Gasteiger partial charge on any atom is 1.00 e. The number of aliphatic hydroxyl groups is 1. The van der Waals surface area contributed by atoms with Gasteiger partial charge < -0.3 is 9.66 Å². The third kappa shape index (κ3) is 22.9. The number of unbranched alkanes of at least 4 members (excludes halogenated alkanes) is 10. The Kier molecular flexibility index (Phi) is 20.1. The maximum absolute atomic E-state index is 10.4. The van der Waals surface area contributed by atoms with Crippen LogP contribution in [0, 0.1) is 0 Å². The van der Waals surface area contributed by atoms with Crippen molar-refractivity contribution in [1.82, 2.24) is 0 Å². The van der Waals surface area contributed by atoms with E-state index in [0.29, 0.717) is 6.42 Å². The number of rotatable bonds is 16. The van der Waals surface area contributed by atoms with Crippen LogP contribution in [0.25, 0.3) is 0 Å². The van der Waals surface area contributed by atoms with Crippen LogP contribution in [0.3, 0.4) is 0 Å². The molecule has 0 spiro atoms. The van der Waals surface area contributed by atoms with Gasteiger partial charge in [-0.05, 0) is 19.3 Å². The van der Waals surface area contributed by atoms with Crippen molar-refractivity contribution < 1.29 is 47.6 Å². The third-order valence-electron chi connectivity index (χ3n) is 4.07. The first kappa shape index (κ1) is 26.1. The summed E-state index contributed by atoms with van der Waals surface area (Å²) in [6.45, 7) is 2.22. The van der Waals surface area contributed by atoms with E-state index in [2.05, 4.69) is 6.92 Å². The molecule has 1 unspecified atom stereocenters. The van der Waals surface area contributed by atoms with E-state index in [1.807, 2.05) is 0 Å². The molecule has 0 fully saturated rings. The summed E-state index contributed by atoms with van der Waals surface area (Å²) in [7, 11) is -4.04. The Balaban J connectivity index is 0. The van der Waals surface area contributed by atoms with Gasteiger partial charge in [0.15, 0.2) is 0 Å². The van der Waals surface area contributed by atoms with Crippen LogP contribution in [-0.4, -0.2) is 29.9 Å². The van der Waals surface area contributed by atoms with Gasteiger partial charge in [0.25, 0.3) is 0 Å². The molecule has 6 heteroatoms. The van der Waals surface area contributed by atoms with Crippen LogP contribution in [0.5, 0.6) is 0 Å². The van der Waals surface area contributed by atoms with E-state index in [0.717, 1.165) is 44.9 Å². The molecule has 1 atom stereocenters. The standard InChI is InChI=1S/C17H36O4S.Na/c1-2-3-4-5-6-8-11-14-17(18)15-12-9-7-10-13-16-22(19,20)21;/h17-18H,2-16H2,1H3,(H,19,20,21);/q;+1/p-1. The first-order chi connectivity index (χ1) is 10.5. The molecule has 0 aromatic rings. The van der Waals surface area contributed by atoms with Crippen molar-refractivity contribution in [2.75, 3.05) is 5.75 Å². The molecule has 0 bridgehead atoms. The minimum Gasteiger partial charge on any atom is -0.748 e. The molecule has 1 N–H and O–H groups in total. The molecular weight excluding hydrogens is 323 g/mol. The van der Waals surface area contributed by atoms with Gasteiger partial charge in [-0.1, -0.05) is 77.6 Å². The molecule has 0 amide bonds. The smallest absolute Gasteiger partial charge is 0.748 e. The fourth-order valence-electron chi connectivity index (χ4n) is 2.67. The Hall–Kier alpha value is 0.870. The summed E-state index contributed by atoms with van der Waals surface area (Å²) in [5.41, 5.74) is 0. The van der Waals surface area contributed by atoms with Gasteiger partial charge >= 0.3 is 29.6 Å². The third-order valence-corrected chi connectivity index (χ3v) is 4.86. The monoisotopic (exact) mass is 358 g/mol. The molecule has 4 nitrogen and oxygen atoms in total. The van der Waals surface area contributed by atoms with Crippen molar-refractivity contribution in [3.8, 4) is 0 Å². The number of hydrogen-bond donors (Lipinski definition) is 1. The summed E-state index contributed by atoms with van der Waals surface area (Å²) in [4.78, 5) is 0. The topological polar surface area (TPSA) is 77.4 Å². The van der Waals surface area contributed by atoms with Crippen molar-refractivity contribution >= 4 is 10.1 Å². The Morgan fingerprint density at radius 3 is 1.61 bits per heavy atom. The molecule has 0 aliphatic rings. The Labute approximate surface area is 165 Å². The molecule has 0 heterocycles. The second-order valence-corrected chi connectivity index (χ2v) is 7.91. The Bertz CT molecular complexity index is 333. The van der Waals surface area contributed by atoms with E-state index < -0.39 is 10.1 Å². The van der Waals surface area contributed by atoms with Crippen LogP contribution in [-0.2, 0) is 10.1 Å². The van der Waals surface area contributed by atoms with E-state index >= 15 is 0 Å². The van der Waals surface area contributed by atoms with E-state index in [1.54, 1.807) is 0 Å². The van der Waals surface area contributed by atoms with Crippen LogP contribution in [0.4, 0.5) is 0 Å². The van der Waals surface area contributed by atoms with Gasteiger partial charge in [0.1, 0.15) is 0 Å². The van der Waals surface area contributed by atoms with Crippen molar-refractivity contribution in [2.45, 2.75) is 103 Å².